The Balaban J connectivity index is 1.62. The van der Waals surface area contributed by atoms with Gasteiger partial charge in [0, 0.05) is 19.6 Å². The van der Waals surface area contributed by atoms with E-state index < -0.39 is 0 Å². The number of carbonyl (C=O) groups excluding carboxylic acids is 1. The van der Waals surface area contributed by atoms with Crippen LogP contribution in [0.5, 0.6) is 0 Å². The van der Waals surface area contributed by atoms with Crippen molar-refractivity contribution in [3.05, 3.63) is 60.2 Å². The molecule has 0 spiro atoms. The van der Waals surface area contributed by atoms with Crippen LogP contribution in [0, 0.1) is 0 Å². The van der Waals surface area contributed by atoms with Gasteiger partial charge in [0.2, 0.25) is 5.91 Å². The van der Waals surface area contributed by atoms with E-state index in [1.54, 1.807) is 0 Å². The van der Waals surface area contributed by atoms with Crippen molar-refractivity contribution in [3.8, 4) is 0 Å². The fourth-order valence-electron chi connectivity index (χ4n) is 3.17. The number of anilines is 2. The second-order valence-electron chi connectivity index (χ2n) is 6.45. The third-order valence-corrected chi connectivity index (χ3v) is 4.59. The fourth-order valence-corrected chi connectivity index (χ4v) is 3.17. The molecule has 1 fully saturated rings. The van der Waals surface area contributed by atoms with Crippen LogP contribution in [-0.2, 0) is 16.1 Å². The Labute approximate surface area is 155 Å². The molecule has 1 heterocycles. The van der Waals surface area contributed by atoms with Gasteiger partial charge in [-0.1, -0.05) is 49.4 Å². The summed E-state index contributed by atoms with van der Waals surface area (Å²) in [6.45, 7) is 7.21. The van der Waals surface area contributed by atoms with E-state index in [1.807, 2.05) is 36.4 Å². The summed E-state index contributed by atoms with van der Waals surface area (Å²) in [6, 6.07) is 18.2. The number of amides is 1. The van der Waals surface area contributed by atoms with Crippen molar-refractivity contribution in [1.82, 2.24) is 4.90 Å². The van der Waals surface area contributed by atoms with Crippen molar-refractivity contribution in [1.29, 1.82) is 0 Å². The highest BCUT2D eigenvalue weighted by Crippen LogP contribution is 2.26. The van der Waals surface area contributed by atoms with Crippen LogP contribution in [0.3, 0.4) is 0 Å². The lowest BCUT2D eigenvalue weighted by atomic mass is 10.2. The van der Waals surface area contributed by atoms with Crippen LogP contribution in [0.25, 0.3) is 0 Å². The first kappa shape index (κ1) is 18.4. The monoisotopic (exact) mass is 353 g/mol. The van der Waals surface area contributed by atoms with Crippen LogP contribution >= 0.6 is 0 Å². The number of ether oxygens (including phenoxy) is 1. The zero-order chi connectivity index (χ0) is 18.2. The molecule has 0 radical (unpaired) electrons. The van der Waals surface area contributed by atoms with Crippen molar-refractivity contribution < 1.29 is 9.53 Å². The average Bonchev–Trinajstić information content (AvgIpc) is 2.69. The number of morpholine rings is 1. The van der Waals surface area contributed by atoms with Gasteiger partial charge in [0.05, 0.1) is 31.1 Å². The van der Waals surface area contributed by atoms with Gasteiger partial charge < -0.3 is 15.0 Å². The topological polar surface area (TPSA) is 44.8 Å². The van der Waals surface area contributed by atoms with Gasteiger partial charge in [-0.15, -0.1) is 0 Å². The molecule has 0 unspecified atom stereocenters. The summed E-state index contributed by atoms with van der Waals surface area (Å²) in [4.78, 5) is 17.0. The van der Waals surface area contributed by atoms with Crippen LogP contribution in [0.4, 0.5) is 11.4 Å². The number of benzene rings is 2. The first-order chi connectivity index (χ1) is 12.8. The summed E-state index contributed by atoms with van der Waals surface area (Å²) in [7, 11) is 0. The van der Waals surface area contributed by atoms with Gasteiger partial charge in [0.15, 0.2) is 0 Å². The molecule has 0 aromatic heterocycles. The predicted octanol–water partition coefficient (Wildman–Crippen LogP) is 2.98. The molecule has 26 heavy (non-hydrogen) atoms. The number of carbonyl (C=O) groups is 1. The number of nitrogens with one attached hydrogen (secondary N) is 1. The molecule has 1 aliphatic heterocycles. The van der Waals surface area contributed by atoms with Crippen LogP contribution in [0.1, 0.15) is 12.5 Å². The highest BCUT2D eigenvalue weighted by atomic mass is 16.5. The molecule has 1 saturated heterocycles. The van der Waals surface area contributed by atoms with Crippen LogP contribution < -0.4 is 10.2 Å². The second-order valence-corrected chi connectivity index (χ2v) is 6.45. The summed E-state index contributed by atoms with van der Waals surface area (Å²) in [6.07, 6.45) is 0. The highest BCUT2D eigenvalue weighted by molar-refractivity contribution is 5.95. The van der Waals surface area contributed by atoms with Gasteiger partial charge in [0.1, 0.15) is 0 Å². The molecule has 1 amide bonds. The lowest BCUT2D eigenvalue weighted by molar-refractivity contribution is -0.117. The molecule has 138 valence electrons. The molecule has 0 saturated carbocycles. The first-order valence-electron chi connectivity index (χ1n) is 9.24. The van der Waals surface area contributed by atoms with Crippen LogP contribution in [0.15, 0.2) is 54.6 Å². The molecule has 3 rings (SSSR count). The maximum Gasteiger partial charge on any atom is 0.238 e. The van der Waals surface area contributed by atoms with Gasteiger partial charge in [-0.25, -0.2) is 0 Å². The number of nitrogens with zero attached hydrogens (tertiary/aromatic N) is 2. The van der Waals surface area contributed by atoms with Crippen molar-refractivity contribution in [2.75, 3.05) is 49.6 Å². The Morgan fingerprint density at radius 2 is 1.77 bits per heavy atom. The van der Waals surface area contributed by atoms with E-state index in [9.17, 15) is 4.79 Å². The number of hydrogen-bond acceptors (Lipinski definition) is 4. The number of likely N-dealkylation sites (N-methyl/N-ethyl adjacent to an activating group) is 1. The fraction of sp³-hybridized carbons (Fsp3) is 0.381. The molecular weight excluding hydrogens is 326 g/mol. The van der Waals surface area contributed by atoms with Crippen LogP contribution in [0.2, 0.25) is 0 Å². The zero-order valence-corrected chi connectivity index (χ0v) is 15.4. The molecular formula is C21H27N3O2. The highest BCUT2D eigenvalue weighted by Gasteiger charge is 2.16. The smallest absolute Gasteiger partial charge is 0.238 e. The summed E-state index contributed by atoms with van der Waals surface area (Å²) >= 11 is 0. The van der Waals surface area contributed by atoms with E-state index in [0.717, 1.165) is 50.8 Å². The largest absolute Gasteiger partial charge is 0.378 e. The molecule has 5 nitrogen and oxygen atoms in total. The van der Waals surface area contributed by atoms with Crippen molar-refractivity contribution >= 4 is 17.3 Å². The minimum absolute atomic E-state index is 0.0171. The molecule has 5 heteroatoms. The molecule has 2 aromatic rings. The third-order valence-electron chi connectivity index (χ3n) is 4.59. The maximum atomic E-state index is 12.6. The summed E-state index contributed by atoms with van der Waals surface area (Å²) in [5.74, 6) is 0.0171. The van der Waals surface area contributed by atoms with E-state index >= 15 is 0 Å². The summed E-state index contributed by atoms with van der Waals surface area (Å²) in [5, 5.41) is 3.10. The average molecular weight is 353 g/mol. The Hall–Kier alpha value is -2.37. The zero-order valence-electron chi connectivity index (χ0n) is 15.4. The molecule has 0 atom stereocenters. The summed E-state index contributed by atoms with van der Waals surface area (Å²) in [5.41, 5.74) is 3.15. The Morgan fingerprint density at radius 3 is 2.50 bits per heavy atom. The normalized spacial score (nSPS) is 14.5. The molecule has 2 aromatic carbocycles. The quantitative estimate of drug-likeness (QED) is 0.831. The van der Waals surface area contributed by atoms with Gasteiger partial charge in [-0.05, 0) is 24.2 Å². The number of rotatable bonds is 7. The van der Waals surface area contributed by atoms with Gasteiger partial charge >= 0.3 is 0 Å². The molecule has 1 N–H and O–H groups in total. The number of para-hydroxylation sites is 2. The van der Waals surface area contributed by atoms with Crippen molar-refractivity contribution in [2.45, 2.75) is 13.5 Å². The predicted molar refractivity (Wildman–Crippen MR) is 105 cm³/mol. The second kappa shape index (κ2) is 9.36. The van der Waals surface area contributed by atoms with E-state index in [2.05, 4.69) is 40.2 Å². The van der Waals surface area contributed by atoms with Crippen molar-refractivity contribution in [2.24, 2.45) is 0 Å². The molecule has 0 aliphatic carbocycles. The van der Waals surface area contributed by atoms with Gasteiger partial charge in [0.25, 0.3) is 0 Å². The minimum atomic E-state index is 0.0171. The van der Waals surface area contributed by atoms with E-state index in [-0.39, 0.29) is 5.91 Å². The SMILES string of the molecule is CCN(CC(=O)Nc1ccccc1N1CCOCC1)Cc1ccccc1. The van der Waals surface area contributed by atoms with E-state index in [1.165, 1.54) is 5.56 Å². The van der Waals surface area contributed by atoms with E-state index in [4.69, 9.17) is 4.74 Å². The lowest BCUT2D eigenvalue weighted by Crippen LogP contribution is -2.37. The number of hydrogen-bond donors (Lipinski definition) is 1. The lowest BCUT2D eigenvalue weighted by Gasteiger charge is -2.30. The Morgan fingerprint density at radius 1 is 1.08 bits per heavy atom. The maximum absolute atomic E-state index is 12.6. The van der Waals surface area contributed by atoms with E-state index in [0.29, 0.717) is 6.54 Å². The standard InChI is InChI=1S/C21H27N3O2/c1-2-23(16-18-8-4-3-5-9-18)17-21(25)22-19-10-6-7-11-20(19)24-12-14-26-15-13-24/h3-11H,2,12-17H2,1H3,(H,22,25). The molecule has 1 aliphatic rings. The van der Waals surface area contributed by atoms with Crippen LogP contribution in [-0.4, -0.2) is 50.2 Å². The third kappa shape index (κ3) is 5.07. The molecule has 0 bridgehead atoms. The van der Waals surface area contributed by atoms with Gasteiger partial charge in [-0.2, -0.15) is 0 Å². The van der Waals surface area contributed by atoms with Crippen molar-refractivity contribution in [3.63, 3.8) is 0 Å². The Bertz CT molecular complexity index is 699. The Kier molecular flexibility index (Phi) is 6.63. The first-order valence-corrected chi connectivity index (χ1v) is 9.24. The summed E-state index contributed by atoms with van der Waals surface area (Å²) < 4.78 is 5.43. The van der Waals surface area contributed by atoms with Gasteiger partial charge in [-0.3, -0.25) is 9.69 Å². The minimum Gasteiger partial charge on any atom is -0.378 e.